The van der Waals surface area contributed by atoms with E-state index in [1.807, 2.05) is 0 Å². The van der Waals surface area contributed by atoms with Gasteiger partial charge in [-0.05, 0) is 45.2 Å². The van der Waals surface area contributed by atoms with Crippen molar-refractivity contribution in [1.29, 1.82) is 0 Å². The van der Waals surface area contributed by atoms with Crippen LogP contribution < -0.4 is 4.90 Å². The lowest BCUT2D eigenvalue weighted by Gasteiger charge is -2.40. The van der Waals surface area contributed by atoms with E-state index in [0.29, 0.717) is 17.5 Å². The summed E-state index contributed by atoms with van der Waals surface area (Å²) >= 11 is 1.43. The van der Waals surface area contributed by atoms with Crippen LogP contribution in [0.1, 0.15) is 56.1 Å². The zero-order valence-corrected chi connectivity index (χ0v) is 15.7. The summed E-state index contributed by atoms with van der Waals surface area (Å²) in [6, 6.07) is 0.703. The van der Waals surface area contributed by atoms with E-state index in [2.05, 4.69) is 24.7 Å². The Labute approximate surface area is 153 Å². The molecule has 0 saturated carbocycles. The van der Waals surface area contributed by atoms with Crippen molar-refractivity contribution in [1.82, 2.24) is 15.1 Å². The molecule has 1 aromatic rings. The van der Waals surface area contributed by atoms with E-state index in [0.717, 1.165) is 18.2 Å². The summed E-state index contributed by atoms with van der Waals surface area (Å²) in [5.74, 6) is -0.316. The number of carbonyl (C=O) groups is 1. The second kappa shape index (κ2) is 8.91. The molecule has 7 nitrogen and oxygen atoms in total. The normalized spacial score (nSPS) is 21.3. The van der Waals surface area contributed by atoms with Crippen LogP contribution in [-0.4, -0.2) is 65.5 Å². The fourth-order valence-corrected chi connectivity index (χ4v) is 4.59. The number of aromatic nitrogens is 2. The summed E-state index contributed by atoms with van der Waals surface area (Å²) in [5, 5.41) is 20.0. The number of carbonyl (C=O) groups excluding carboxylic acids is 1. The number of aliphatic hydroxyl groups excluding tert-OH is 1. The van der Waals surface area contributed by atoms with Gasteiger partial charge in [0, 0.05) is 25.6 Å². The molecule has 8 heteroatoms. The molecular formula is C17H28N4O3S. The third-order valence-electron chi connectivity index (χ3n) is 5.21. The first-order valence-electron chi connectivity index (χ1n) is 9.24. The molecule has 2 fully saturated rings. The second-order valence-electron chi connectivity index (χ2n) is 6.87. The van der Waals surface area contributed by atoms with Crippen molar-refractivity contribution in [2.45, 2.75) is 57.1 Å². The maximum atomic E-state index is 11.2. The van der Waals surface area contributed by atoms with Gasteiger partial charge in [-0.25, -0.2) is 0 Å². The number of anilines is 1. The Bertz CT molecular complexity index is 554. The van der Waals surface area contributed by atoms with Crippen molar-refractivity contribution in [2.75, 3.05) is 38.2 Å². The topological polar surface area (TPSA) is 78.8 Å². The molecule has 0 unspecified atom stereocenters. The molecule has 0 aromatic carbocycles. The molecule has 0 bridgehead atoms. The van der Waals surface area contributed by atoms with Gasteiger partial charge in [-0.15, -0.1) is 10.2 Å². The van der Waals surface area contributed by atoms with E-state index < -0.39 is 6.10 Å². The quantitative estimate of drug-likeness (QED) is 0.769. The van der Waals surface area contributed by atoms with Crippen LogP contribution in [0.25, 0.3) is 0 Å². The van der Waals surface area contributed by atoms with E-state index in [1.165, 1.54) is 63.6 Å². The Hall–Kier alpha value is -1.25. The van der Waals surface area contributed by atoms with Gasteiger partial charge in [0.1, 0.15) is 11.1 Å². The lowest BCUT2D eigenvalue weighted by molar-refractivity contribution is -0.141. The lowest BCUT2D eigenvalue weighted by atomic mass is 10.0. The number of ether oxygens (including phenoxy) is 1. The van der Waals surface area contributed by atoms with E-state index in [4.69, 9.17) is 0 Å². The first-order chi connectivity index (χ1) is 12.2. The largest absolute Gasteiger partial charge is 0.469 e. The average Bonchev–Trinajstić information content (AvgIpc) is 3.17. The highest BCUT2D eigenvalue weighted by Crippen LogP contribution is 2.30. The number of rotatable bonds is 6. The van der Waals surface area contributed by atoms with Gasteiger partial charge in [0.15, 0.2) is 0 Å². The number of nitrogens with zero attached hydrogens (tertiary/aromatic N) is 4. The molecule has 25 heavy (non-hydrogen) atoms. The van der Waals surface area contributed by atoms with Crippen LogP contribution in [0, 0.1) is 0 Å². The molecule has 2 aliphatic heterocycles. The van der Waals surface area contributed by atoms with Gasteiger partial charge >= 0.3 is 5.97 Å². The van der Waals surface area contributed by atoms with Gasteiger partial charge in [0.25, 0.3) is 0 Å². The van der Waals surface area contributed by atoms with Gasteiger partial charge in [0.2, 0.25) is 5.13 Å². The van der Waals surface area contributed by atoms with Gasteiger partial charge in [0.05, 0.1) is 7.11 Å². The summed E-state index contributed by atoms with van der Waals surface area (Å²) in [6.07, 6.45) is 6.14. The maximum Gasteiger partial charge on any atom is 0.305 e. The Balaban J connectivity index is 1.48. The monoisotopic (exact) mass is 368 g/mol. The van der Waals surface area contributed by atoms with E-state index in [9.17, 15) is 9.90 Å². The number of methoxy groups -OCH3 is 1. The average molecular weight is 369 g/mol. The van der Waals surface area contributed by atoms with Crippen LogP contribution in [0.5, 0.6) is 0 Å². The van der Waals surface area contributed by atoms with Gasteiger partial charge in [-0.1, -0.05) is 17.8 Å². The van der Waals surface area contributed by atoms with Crippen LogP contribution >= 0.6 is 11.3 Å². The van der Waals surface area contributed by atoms with Crippen molar-refractivity contribution in [2.24, 2.45) is 0 Å². The minimum Gasteiger partial charge on any atom is -0.469 e. The molecule has 3 heterocycles. The number of esters is 1. The van der Waals surface area contributed by atoms with E-state index >= 15 is 0 Å². The van der Waals surface area contributed by atoms with Crippen molar-refractivity contribution >= 4 is 22.4 Å². The molecule has 2 saturated heterocycles. The van der Waals surface area contributed by atoms with Crippen LogP contribution in [0.4, 0.5) is 5.13 Å². The van der Waals surface area contributed by atoms with Crippen LogP contribution in [0.3, 0.4) is 0 Å². The summed E-state index contributed by atoms with van der Waals surface area (Å²) in [5.41, 5.74) is 0. The number of piperidine rings is 2. The van der Waals surface area contributed by atoms with Crippen molar-refractivity contribution in [3.63, 3.8) is 0 Å². The van der Waals surface area contributed by atoms with Crippen molar-refractivity contribution in [3.05, 3.63) is 5.01 Å². The van der Waals surface area contributed by atoms with Crippen LogP contribution in [0.15, 0.2) is 0 Å². The zero-order chi connectivity index (χ0) is 17.6. The van der Waals surface area contributed by atoms with E-state index in [1.54, 1.807) is 0 Å². The first kappa shape index (κ1) is 18.5. The summed E-state index contributed by atoms with van der Waals surface area (Å²) in [7, 11) is 1.35. The molecule has 0 spiro atoms. The Morgan fingerprint density at radius 1 is 1.24 bits per heavy atom. The van der Waals surface area contributed by atoms with Gasteiger partial charge < -0.3 is 19.6 Å². The highest BCUT2D eigenvalue weighted by atomic mass is 32.1. The fraction of sp³-hybridized carbons (Fsp3) is 0.824. The maximum absolute atomic E-state index is 11.2. The van der Waals surface area contributed by atoms with Crippen LogP contribution in [0.2, 0.25) is 0 Å². The predicted octanol–water partition coefficient (Wildman–Crippen LogP) is 1.98. The molecule has 1 N–H and O–H groups in total. The van der Waals surface area contributed by atoms with Gasteiger partial charge in [-0.3, -0.25) is 4.79 Å². The zero-order valence-electron chi connectivity index (χ0n) is 14.9. The van der Waals surface area contributed by atoms with Crippen molar-refractivity contribution in [3.8, 4) is 0 Å². The molecule has 0 radical (unpaired) electrons. The summed E-state index contributed by atoms with van der Waals surface area (Å²) < 4.78 is 4.60. The Morgan fingerprint density at radius 2 is 1.96 bits per heavy atom. The fourth-order valence-electron chi connectivity index (χ4n) is 3.67. The highest BCUT2D eigenvalue weighted by Gasteiger charge is 2.27. The number of hydrogen-bond donors (Lipinski definition) is 1. The molecule has 140 valence electrons. The smallest absolute Gasteiger partial charge is 0.305 e. The third-order valence-corrected chi connectivity index (χ3v) is 6.29. The van der Waals surface area contributed by atoms with Crippen LogP contribution in [-0.2, 0) is 9.53 Å². The molecular weight excluding hydrogens is 340 g/mol. The minimum atomic E-state index is -0.753. The predicted molar refractivity (Wildman–Crippen MR) is 96.8 cm³/mol. The molecule has 2 aliphatic rings. The number of likely N-dealkylation sites (tertiary alicyclic amines) is 1. The Morgan fingerprint density at radius 3 is 2.64 bits per heavy atom. The minimum absolute atomic E-state index is 0.188. The summed E-state index contributed by atoms with van der Waals surface area (Å²) in [4.78, 5) is 16.1. The standard InChI is InChI=1S/C17H28N4O3S/c1-24-15(23)6-5-14(22)16-18-19-17(25-16)21-11-7-13(8-12-21)20-9-3-2-4-10-20/h13-14,22H,2-12H2,1H3/t14-/m1/s1. The Kier molecular flexibility index (Phi) is 6.61. The lowest BCUT2D eigenvalue weighted by Crippen LogP contribution is -2.46. The third kappa shape index (κ3) is 4.89. The van der Waals surface area contributed by atoms with Crippen molar-refractivity contribution < 1.29 is 14.6 Å². The molecule has 1 aromatic heterocycles. The van der Waals surface area contributed by atoms with E-state index in [-0.39, 0.29) is 12.4 Å². The molecule has 3 rings (SSSR count). The number of hydrogen-bond acceptors (Lipinski definition) is 8. The van der Waals surface area contributed by atoms with Gasteiger partial charge in [-0.2, -0.15) is 0 Å². The number of aliphatic hydroxyl groups is 1. The molecule has 0 aliphatic carbocycles. The molecule has 0 amide bonds. The summed E-state index contributed by atoms with van der Waals surface area (Å²) in [6.45, 7) is 4.49. The second-order valence-corrected chi connectivity index (χ2v) is 7.86. The first-order valence-corrected chi connectivity index (χ1v) is 10.1. The SMILES string of the molecule is COC(=O)CC[C@@H](O)c1nnc(N2CCC(N3CCCCC3)CC2)s1. The highest BCUT2D eigenvalue weighted by molar-refractivity contribution is 7.15. The molecule has 1 atom stereocenters.